The number of nitrogens with zero attached hydrogens (tertiary/aromatic N) is 4. The first-order chi connectivity index (χ1) is 12.0. The number of benzene rings is 1. The molecule has 0 aliphatic carbocycles. The van der Waals surface area contributed by atoms with Crippen LogP contribution in [0.15, 0.2) is 41.7 Å². The highest BCUT2D eigenvalue weighted by Gasteiger charge is 2.18. The highest BCUT2D eigenvalue weighted by molar-refractivity contribution is 14.0. The van der Waals surface area contributed by atoms with Crippen LogP contribution < -0.4 is 10.6 Å². The van der Waals surface area contributed by atoms with Gasteiger partial charge in [0.05, 0.1) is 0 Å². The van der Waals surface area contributed by atoms with Gasteiger partial charge in [-0.3, -0.25) is 4.99 Å². The standard InChI is InChI=1S/C19H30N6.HI/c1-5-17-24-23-15-25(17)12-11-21-18(20-4)22-14-19(2,3)13-16-9-7-6-8-10-16;/h6-10,15H,5,11-14H2,1-4H3,(H2,20,21,22);1H. The Labute approximate surface area is 173 Å². The van der Waals surface area contributed by atoms with Crippen LogP contribution in [0.4, 0.5) is 0 Å². The Morgan fingerprint density at radius 1 is 1.19 bits per heavy atom. The van der Waals surface area contributed by atoms with Crippen LogP contribution in [0.1, 0.15) is 32.2 Å². The lowest BCUT2D eigenvalue weighted by Gasteiger charge is -2.26. The maximum atomic E-state index is 4.31. The Balaban J connectivity index is 0.00000338. The third-order valence-electron chi connectivity index (χ3n) is 4.14. The number of aryl methyl sites for hydroxylation is 1. The average Bonchev–Trinajstić information content (AvgIpc) is 3.06. The van der Waals surface area contributed by atoms with Crippen molar-refractivity contribution < 1.29 is 0 Å². The van der Waals surface area contributed by atoms with Crippen molar-refractivity contribution in [2.24, 2.45) is 10.4 Å². The molecule has 1 heterocycles. The predicted molar refractivity (Wildman–Crippen MR) is 118 cm³/mol. The summed E-state index contributed by atoms with van der Waals surface area (Å²) < 4.78 is 2.07. The minimum absolute atomic E-state index is 0. The van der Waals surface area contributed by atoms with E-state index in [1.54, 1.807) is 13.4 Å². The van der Waals surface area contributed by atoms with E-state index in [1.165, 1.54) is 5.56 Å². The Morgan fingerprint density at radius 2 is 1.92 bits per heavy atom. The summed E-state index contributed by atoms with van der Waals surface area (Å²) in [7, 11) is 1.80. The summed E-state index contributed by atoms with van der Waals surface area (Å²) in [5.41, 5.74) is 1.50. The molecule has 0 aliphatic rings. The molecule has 7 heteroatoms. The number of aliphatic imine (C=N–C) groups is 1. The second-order valence-electron chi connectivity index (χ2n) is 6.97. The topological polar surface area (TPSA) is 67.1 Å². The molecule has 0 radical (unpaired) electrons. The van der Waals surface area contributed by atoms with Gasteiger partial charge >= 0.3 is 0 Å². The predicted octanol–water partition coefficient (Wildman–Crippen LogP) is 2.89. The zero-order valence-corrected chi connectivity index (χ0v) is 18.5. The summed E-state index contributed by atoms with van der Waals surface area (Å²) in [6.07, 6.45) is 3.69. The van der Waals surface area contributed by atoms with Gasteiger partial charge in [0.2, 0.25) is 0 Å². The van der Waals surface area contributed by atoms with Crippen LogP contribution in [0.25, 0.3) is 0 Å². The van der Waals surface area contributed by atoms with E-state index in [4.69, 9.17) is 0 Å². The van der Waals surface area contributed by atoms with Crippen molar-refractivity contribution in [3.05, 3.63) is 48.0 Å². The van der Waals surface area contributed by atoms with Crippen LogP contribution in [0, 0.1) is 5.41 Å². The van der Waals surface area contributed by atoms with Crippen LogP contribution in [0.2, 0.25) is 0 Å². The zero-order valence-electron chi connectivity index (χ0n) is 16.2. The van der Waals surface area contributed by atoms with Crippen molar-refractivity contribution in [2.45, 2.75) is 40.2 Å². The Bertz CT molecular complexity index is 666. The molecule has 0 saturated heterocycles. The van der Waals surface area contributed by atoms with E-state index >= 15 is 0 Å². The highest BCUT2D eigenvalue weighted by Crippen LogP contribution is 2.20. The molecule has 0 spiro atoms. The molecule has 1 aromatic carbocycles. The normalized spacial score (nSPS) is 11.8. The fraction of sp³-hybridized carbons (Fsp3) is 0.526. The molecule has 0 amide bonds. The number of hydrogen-bond donors (Lipinski definition) is 2. The van der Waals surface area contributed by atoms with Gasteiger partial charge in [-0.05, 0) is 17.4 Å². The van der Waals surface area contributed by atoms with Gasteiger partial charge in [0.25, 0.3) is 0 Å². The van der Waals surface area contributed by atoms with Crippen molar-refractivity contribution in [2.75, 3.05) is 20.1 Å². The van der Waals surface area contributed by atoms with Crippen molar-refractivity contribution in [1.82, 2.24) is 25.4 Å². The van der Waals surface area contributed by atoms with Crippen LogP contribution >= 0.6 is 24.0 Å². The summed E-state index contributed by atoms with van der Waals surface area (Å²) >= 11 is 0. The lowest BCUT2D eigenvalue weighted by Crippen LogP contribution is -2.43. The van der Waals surface area contributed by atoms with E-state index in [2.05, 4.69) is 81.5 Å². The molecule has 0 saturated carbocycles. The first-order valence-electron chi connectivity index (χ1n) is 8.89. The maximum absolute atomic E-state index is 4.31. The third kappa shape index (κ3) is 7.31. The van der Waals surface area contributed by atoms with Crippen LogP contribution in [-0.4, -0.2) is 40.9 Å². The molecule has 0 unspecified atom stereocenters. The molecule has 2 aromatic rings. The Kier molecular flexibility index (Phi) is 9.61. The highest BCUT2D eigenvalue weighted by atomic mass is 127. The minimum Gasteiger partial charge on any atom is -0.356 e. The molecule has 2 N–H and O–H groups in total. The van der Waals surface area contributed by atoms with E-state index < -0.39 is 0 Å². The lowest BCUT2D eigenvalue weighted by atomic mass is 9.86. The van der Waals surface area contributed by atoms with Gasteiger partial charge < -0.3 is 15.2 Å². The molecular weight excluding hydrogens is 439 g/mol. The molecule has 1 aromatic heterocycles. The van der Waals surface area contributed by atoms with Crippen LogP contribution in [0.5, 0.6) is 0 Å². The summed E-state index contributed by atoms with van der Waals surface area (Å²) in [6, 6.07) is 10.6. The number of nitrogens with one attached hydrogen (secondary N) is 2. The van der Waals surface area contributed by atoms with E-state index in [0.29, 0.717) is 0 Å². The number of guanidine groups is 1. The fourth-order valence-electron chi connectivity index (χ4n) is 2.79. The zero-order chi connectivity index (χ0) is 18.1. The molecule has 6 nitrogen and oxygen atoms in total. The van der Waals surface area contributed by atoms with E-state index in [0.717, 1.165) is 44.3 Å². The van der Waals surface area contributed by atoms with Gasteiger partial charge in [-0.2, -0.15) is 0 Å². The van der Waals surface area contributed by atoms with Crippen LogP contribution in [-0.2, 0) is 19.4 Å². The van der Waals surface area contributed by atoms with Gasteiger partial charge in [-0.15, -0.1) is 34.2 Å². The quantitative estimate of drug-likeness (QED) is 0.354. The largest absolute Gasteiger partial charge is 0.356 e. The minimum atomic E-state index is 0. The smallest absolute Gasteiger partial charge is 0.191 e. The molecule has 0 aliphatic heterocycles. The van der Waals surface area contributed by atoms with E-state index in [1.807, 2.05) is 0 Å². The Hall–Kier alpha value is -1.64. The number of rotatable bonds is 8. The molecule has 0 atom stereocenters. The van der Waals surface area contributed by atoms with Crippen molar-refractivity contribution in [1.29, 1.82) is 0 Å². The molecule has 0 fully saturated rings. The first kappa shape index (κ1) is 22.4. The number of halogens is 1. The molecule has 2 rings (SSSR count). The first-order valence-corrected chi connectivity index (χ1v) is 8.89. The van der Waals surface area contributed by atoms with Crippen molar-refractivity contribution in [3.8, 4) is 0 Å². The van der Waals surface area contributed by atoms with Gasteiger partial charge in [0.15, 0.2) is 5.96 Å². The fourth-order valence-corrected chi connectivity index (χ4v) is 2.79. The summed E-state index contributed by atoms with van der Waals surface area (Å²) in [5, 5.41) is 14.9. The van der Waals surface area contributed by atoms with E-state index in [9.17, 15) is 0 Å². The molecule has 144 valence electrons. The molecule has 26 heavy (non-hydrogen) atoms. The van der Waals surface area contributed by atoms with E-state index in [-0.39, 0.29) is 29.4 Å². The van der Waals surface area contributed by atoms with Crippen molar-refractivity contribution in [3.63, 3.8) is 0 Å². The summed E-state index contributed by atoms with van der Waals surface area (Å²) in [5.74, 6) is 1.83. The van der Waals surface area contributed by atoms with Crippen molar-refractivity contribution >= 4 is 29.9 Å². The van der Waals surface area contributed by atoms with Crippen LogP contribution in [0.3, 0.4) is 0 Å². The maximum Gasteiger partial charge on any atom is 0.191 e. The SMILES string of the molecule is CCc1nncn1CCNC(=NC)NCC(C)(C)Cc1ccccc1.I. The number of aromatic nitrogens is 3. The molecular formula is C19H31IN6. The van der Waals surface area contributed by atoms with Gasteiger partial charge in [0, 0.05) is 33.1 Å². The summed E-state index contributed by atoms with van der Waals surface area (Å²) in [6.45, 7) is 9.09. The average molecular weight is 470 g/mol. The lowest BCUT2D eigenvalue weighted by molar-refractivity contribution is 0.359. The van der Waals surface area contributed by atoms with Gasteiger partial charge in [-0.1, -0.05) is 51.1 Å². The van der Waals surface area contributed by atoms with Gasteiger partial charge in [-0.25, -0.2) is 0 Å². The second-order valence-corrected chi connectivity index (χ2v) is 6.97. The van der Waals surface area contributed by atoms with Gasteiger partial charge in [0.1, 0.15) is 12.2 Å². The second kappa shape index (κ2) is 11.2. The number of hydrogen-bond acceptors (Lipinski definition) is 3. The monoisotopic (exact) mass is 470 g/mol. The Morgan fingerprint density at radius 3 is 2.58 bits per heavy atom. The summed E-state index contributed by atoms with van der Waals surface area (Å²) in [4.78, 5) is 4.31. The third-order valence-corrected chi connectivity index (χ3v) is 4.14. The molecule has 0 bridgehead atoms.